The van der Waals surface area contributed by atoms with Crippen LogP contribution in [-0.2, 0) is 5.75 Å². The second kappa shape index (κ2) is 6.65. The van der Waals surface area contributed by atoms with E-state index in [1.165, 1.54) is 23.5 Å². The standard InChI is InChI=1S/C15H26SSi/c1-13(2)10-11-16-12-14-6-8-15(9-7-14)17(3,4)5/h6-9,13H,10-12H2,1-5H3. The monoisotopic (exact) mass is 266 g/mol. The molecule has 0 aromatic heterocycles. The third-order valence-electron chi connectivity index (χ3n) is 2.93. The van der Waals surface area contributed by atoms with Crippen LogP contribution >= 0.6 is 11.8 Å². The van der Waals surface area contributed by atoms with Crippen LogP contribution in [0.15, 0.2) is 24.3 Å². The fraction of sp³-hybridized carbons (Fsp3) is 0.600. The Hall–Kier alpha value is -0.213. The highest BCUT2D eigenvalue weighted by Gasteiger charge is 2.15. The van der Waals surface area contributed by atoms with E-state index in [-0.39, 0.29) is 0 Å². The highest BCUT2D eigenvalue weighted by Crippen LogP contribution is 2.15. The average Bonchev–Trinajstić information content (AvgIpc) is 2.23. The van der Waals surface area contributed by atoms with E-state index in [0.29, 0.717) is 0 Å². The number of thioether (sulfide) groups is 1. The summed E-state index contributed by atoms with van der Waals surface area (Å²) in [7, 11) is -1.12. The van der Waals surface area contributed by atoms with Gasteiger partial charge in [0.1, 0.15) is 0 Å². The lowest BCUT2D eigenvalue weighted by atomic mass is 10.2. The predicted molar refractivity (Wildman–Crippen MR) is 85.0 cm³/mol. The highest BCUT2D eigenvalue weighted by atomic mass is 32.2. The third-order valence-corrected chi connectivity index (χ3v) is 6.06. The molecule has 0 amide bonds. The van der Waals surface area contributed by atoms with Gasteiger partial charge < -0.3 is 0 Å². The van der Waals surface area contributed by atoms with Gasteiger partial charge in [-0.25, -0.2) is 0 Å². The summed E-state index contributed by atoms with van der Waals surface area (Å²) < 4.78 is 0. The molecule has 0 aliphatic carbocycles. The van der Waals surface area contributed by atoms with Crippen molar-refractivity contribution in [2.24, 2.45) is 5.92 Å². The molecular formula is C15H26SSi. The molecule has 1 aromatic rings. The van der Waals surface area contributed by atoms with E-state index in [9.17, 15) is 0 Å². The number of hydrogen-bond acceptors (Lipinski definition) is 1. The van der Waals surface area contributed by atoms with Gasteiger partial charge in [0.05, 0.1) is 8.07 Å². The summed E-state index contributed by atoms with van der Waals surface area (Å²) in [5, 5.41) is 1.56. The van der Waals surface area contributed by atoms with E-state index in [2.05, 4.69) is 69.5 Å². The molecule has 0 N–H and O–H groups in total. The molecule has 96 valence electrons. The molecule has 0 saturated carbocycles. The van der Waals surface area contributed by atoms with Crippen LogP contribution in [0.25, 0.3) is 0 Å². The minimum atomic E-state index is -1.12. The van der Waals surface area contributed by atoms with Gasteiger partial charge in [0.2, 0.25) is 0 Å². The van der Waals surface area contributed by atoms with Crippen molar-refractivity contribution >= 4 is 25.0 Å². The molecule has 0 aliphatic heterocycles. The van der Waals surface area contributed by atoms with Crippen molar-refractivity contribution in [2.45, 2.75) is 45.7 Å². The van der Waals surface area contributed by atoms with Gasteiger partial charge >= 0.3 is 0 Å². The van der Waals surface area contributed by atoms with E-state index < -0.39 is 8.07 Å². The molecule has 0 spiro atoms. The van der Waals surface area contributed by atoms with Crippen molar-refractivity contribution in [1.29, 1.82) is 0 Å². The molecular weight excluding hydrogens is 240 g/mol. The zero-order valence-corrected chi connectivity index (χ0v) is 13.7. The van der Waals surface area contributed by atoms with Gasteiger partial charge in [0, 0.05) is 5.75 Å². The topological polar surface area (TPSA) is 0 Å². The summed E-state index contributed by atoms with van der Waals surface area (Å²) in [5.41, 5.74) is 1.47. The lowest BCUT2D eigenvalue weighted by Crippen LogP contribution is -2.37. The Morgan fingerprint density at radius 3 is 2.12 bits per heavy atom. The molecule has 17 heavy (non-hydrogen) atoms. The van der Waals surface area contributed by atoms with Crippen LogP contribution < -0.4 is 5.19 Å². The summed E-state index contributed by atoms with van der Waals surface area (Å²) in [6.45, 7) is 11.8. The second-order valence-electron chi connectivity index (χ2n) is 6.18. The predicted octanol–water partition coefficient (Wildman–Crippen LogP) is 4.51. The molecule has 0 aliphatic rings. The van der Waals surface area contributed by atoms with Crippen LogP contribution in [0.3, 0.4) is 0 Å². The van der Waals surface area contributed by atoms with Gasteiger partial charge in [-0.3, -0.25) is 0 Å². The van der Waals surface area contributed by atoms with Crippen LogP contribution in [0.1, 0.15) is 25.8 Å². The molecule has 0 nitrogen and oxygen atoms in total. The molecule has 0 heterocycles. The molecule has 0 radical (unpaired) electrons. The normalized spacial score (nSPS) is 12.1. The molecule has 0 unspecified atom stereocenters. The number of benzene rings is 1. The van der Waals surface area contributed by atoms with Gasteiger partial charge in [-0.05, 0) is 23.7 Å². The van der Waals surface area contributed by atoms with Crippen LogP contribution in [0.5, 0.6) is 0 Å². The average molecular weight is 267 g/mol. The zero-order chi connectivity index (χ0) is 12.9. The maximum Gasteiger partial charge on any atom is 0.0775 e. The van der Waals surface area contributed by atoms with Crippen molar-refractivity contribution in [3.05, 3.63) is 29.8 Å². The molecule has 2 heteroatoms. The summed E-state index contributed by atoms with van der Waals surface area (Å²) in [5.74, 6) is 3.28. The minimum absolute atomic E-state index is 0.830. The first kappa shape index (κ1) is 14.8. The van der Waals surface area contributed by atoms with Crippen LogP contribution in [0.2, 0.25) is 19.6 Å². The molecule has 1 rings (SSSR count). The summed E-state index contributed by atoms with van der Waals surface area (Å²) >= 11 is 2.06. The van der Waals surface area contributed by atoms with Crippen molar-refractivity contribution in [2.75, 3.05) is 5.75 Å². The zero-order valence-electron chi connectivity index (χ0n) is 11.9. The molecule has 1 aromatic carbocycles. The maximum atomic E-state index is 2.40. The van der Waals surface area contributed by atoms with E-state index in [1.807, 2.05) is 0 Å². The van der Waals surface area contributed by atoms with Gasteiger partial charge in [-0.1, -0.05) is 62.9 Å². The molecule has 0 saturated heterocycles. The van der Waals surface area contributed by atoms with Crippen molar-refractivity contribution in [3.63, 3.8) is 0 Å². The van der Waals surface area contributed by atoms with Crippen molar-refractivity contribution < 1.29 is 0 Å². The van der Waals surface area contributed by atoms with E-state index in [4.69, 9.17) is 0 Å². The first-order valence-corrected chi connectivity index (χ1v) is 11.2. The fourth-order valence-electron chi connectivity index (χ4n) is 1.61. The van der Waals surface area contributed by atoms with Crippen LogP contribution in [-0.4, -0.2) is 13.8 Å². The largest absolute Gasteiger partial charge is 0.157 e. The Balaban J connectivity index is 2.41. The van der Waals surface area contributed by atoms with Crippen molar-refractivity contribution in [1.82, 2.24) is 0 Å². The first-order chi connectivity index (χ1) is 7.89. The van der Waals surface area contributed by atoms with E-state index in [0.717, 1.165) is 5.92 Å². The first-order valence-electron chi connectivity index (χ1n) is 6.57. The summed E-state index contributed by atoms with van der Waals surface area (Å²) in [6.07, 6.45) is 1.33. The molecule has 0 bridgehead atoms. The van der Waals surface area contributed by atoms with E-state index >= 15 is 0 Å². The number of rotatable bonds is 6. The van der Waals surface area contributed by atoms with Gasteiger partial charge in [0.15, 0.2) is 0 Å². The van der Waals surface area contributed by atoms with E-state index in [1.54, 1.807) is 5.19 Å². The lowest BCUT2D eigenvalue weighted by Gasteiger charge is -2.16. The Morgan fingerprint density at radius 1 is 1.06 bits per heavy atom. The Bertz CT molecular complexity index is 322. The quantitative estimate of drug-likeness (QED) is 0.539. The Kier molecular flexibility index (Phi) is 5.81. The van der Waals surface area contributed by atoms with Gasteiger partial charge in [-0.2, -0.15) is 11.8 Å². The summed E-state index contributed by atoms with van der Waals surface area (Å²) in [6, 6.07) is 9.31. The van der Waals surface area contributed by atoms with Crippen LogP contribution in [0, 0.1) is 5.92 Å². The fourth-order valence-corrected chi connectivity index (χ4v) is 3.99. The number of hydrogen-bond donors (Lipinski definition) is 0. The smallest absolute Gasteiger partial charge is 0.0775 e. The van der Waals surface area contributed by atoms with Gasteiger partial charge in [0.25, 0.3) is 0 Å². The minimum Gasteiger partial charge on any atom is -0.157 e. The Morgan fingerprint density at radius 2 is 1.65 bits per heavy atom. The molecule has 0 fully saturated rings. The van der Waals surface area contributed by atoms with Crippen LogP contribution in [0.4, 0.5) is 0 Å². The third kappa shape index (κ3) is 5.78. The maximum absolute atomic E-state index is 2.40. The Labute approximate surface area is 112 Å². The molecule has 0 atom stereocenters. The summed E-state index contributed by atoms with van der Waals surface area (Å²) in [4.78, 5) is 0. The van der Waals surface area contributed by atoms with Crippen molar-refractivity contribution in [3.8, 4) is 0 Å². The highest BCUT2D eigenvalue weighted by molar-refractivity contribution is 7.98. The lowest BCUT2D eigenvalue weighted by molar-refractivity contribution is 0.632. The second-order valence-corrected chi connectivity index (χ2v) is 12.4. The van der Waals surface area contributed by atoms with Gasteiger partial charge in [-0.15, -0.1) is 0 Å². The SMILES string of the molecule is CC(C)CCSCc1ccc([Si](C)(C)C)cc1.